The van der Waals surface area contributed by atoms with Crippen LogP contribution in [0.1, 0.15) is 52.5 Å². The largest absolute Gasteiger partial charge is 0.478 e. The molecule has 38 heavy (non-hydrogen) atoms. The van der Waals surface area contributed by atoms with E-state index in [4.69, 9.17) is 10.5 Å². The summed E-state index contributed by atoms with van der Waals surface area (Å²) < 4.78 is 34.5. The number of carbonyl (C=O) groups excluding carboxylic acids is 3. The van der Waals surface area contributed by atoms with Crippen molar-refractivity contribution in [3.63, 3.8) is 0 Å². The van der Waals surface area contributed by atoms with E-state index in [2.05, 4.69) is 15.6 Å². The van der Waals surface area contributed by atoms with E-state index in [1.165, 1.54) is 25.1 Å². The van der Waals surface area contributed by atoms with Crippen molar-refractivity contribution in [2.75, 3.05) is 42.9 Å². The van der Waals surface area contributed by atoms with Gasteiger partial charge in [-0.25, -0.2) is 9.37 Å². The number of pyridine rings is 1. The fourth-order valence-electron chi connectivity index (χ4n) is 4.09. The summed E-state index contributed by atoms with van der Waals surface area (Å²) in [4.78, 5) is 40.7. The topological polar surface area (TPSA) is 130 Å². The molecule has 1 aromatic carbocycles. The van der Waals surface area contributed by atoms with Gasteiger partial charge in [0, 0.05) is 60.7 Å². The molecule has 0 spiro atoms. The van der Waals surface area contributed by atoms with Crippen molar-refractivity contribution in [2.24, 2.45) is 5.73 Å². The molecular weight excluding hydrogens is 498 g/mol. The second kappa shape index (κ2) is 13.1. The molecule has 3 heterocycles. The molecule has 2 aliphatic rings. The summed E-state index contributed by atoms with van der Waals surface area (Å²) in [7, 11) is 0. The van der Waals surface area contributed by atoms with Gasteiger partial charge in [0.2, 0.25) is 11.9 Å². The van der Waals surface area contributed by atoms with Gasteiger partial charge in [-0.05, 0) is 31.0 Å². The second-order valence-corrected chi connectivity index (χ2v) is 9.06. The number of carbonyl (C=O) groups is 3. The second-order valence-electron chi connectivity index (χ2n) is 9.06. The zero-order valence-corrected chi connectivity index (χ0v) is 21.9. The minimum atomic E-state index is -0.783. The maximum absolute atomic E-state index is 14.6. The molecule has 0 bridgehead atoms. The molecule has 1 unspecified atom stereocenters. The Hall–Kier alpha value is -3.80. The maximum atomic E-state index is 14.6. The van der Waals surface area contributed by atoms with Crippen molar-refractivity contribution in [2.45, 2.75) is 46.3 Å². The number of amides is 3. The van der Waals surface area contributed by atoms with Crippen LogP contribution < -0.4 is 26.0 Å². The molecule has 0 aliphatic carbocycles. The number of anilines is 2. The summed E-state index contributed by atoms with van der Waals surface area (Å²) in [6.07, 6.45) is 0.901. The molecule has 210 valence electrons. The molecule has 4 rings (SSSR count). The van der Waals surface area contributed by atoms with Gasteiger partial charge in [0.15, 0.2) is 6.10 Å². The van der Waals surface area contributed by atoms with E-state index in [1.54, 1.807) is 6.07 Å². The number of hydrogen-bond acceptors (Lipinski definition) is 7. The van der Waals surface area contributed by atoms with Crippen LogP contribution >= 0.6 is 0 Å². The van der Waals surface area contributed by atoms with E-state index < -0.39 is 23.8 Å². The first-order chi connectivity index (χ1) is 18.1. The Labute approximate surface area is 223 Å². The Morgan fingerprint density at radius 3 is 2.47 bits per heavy atom. The molecule has 12 heteroatoms. The Bertz CT molecular complexity index is 1180. The molecule has 1 aromatic heterocycles. The summed E-state index contributed by atoms with van der Waals surface area (Å²) in [5.41, 5.74) is 6.22. The van der Waals surface area contributed by atoms with Gasteiger partial charge < -0.3 is 26.0 Å². The third-order valence-electron chi connectivity index (χ3n) is 6.15. The lowest BCUT2D eigenvalue weighted by Crippen LogP contribution is -2.46. The van der Waals surface area contributed by atoms with Gasteiger partial charge in [0.25, 0.3) is 11.8 Å². The van der Waals surface area contributed by atoms with E-state index in [-0.39, 0.29) is 20.4 Å². The Balaban J connectivity index is 0.000000792. The number of primary amides is 1. The van der Waals surface area contributed by atoms with Crippen LogP contribution in [-0.4, -0.2) is 66.4 Å². The van der Waals surface area contributed by atoms with E-state index in [9.17, 15) is 23.2 Å². The molecule has 3 amide bonds. The van der Waals surface area contributed by atoms with Crippen LogP contribution in [0.3, 0.4) is 0 Å². The average Bonchev–Trinajstić information content (AvgIpc) is 2.88. The van der Waals surface area contributed by atoms with Crippen LogP contribution in [-0.2, 0) is 16.1 Å². The van der Waals surface area contributed by atoms with Gasteiger partial charge in [0.1, 0.15) is 17.3 Å². The fourth-order valence-corrected chi connectivity index (χ4v) is 4.09. The Morgan fingerprint density at radius 1 is 1.21 bits per heavy atom. The molecule has 0 radical (unpaired) electrons. The molecule has 2 aliphatic heterocycles. The molecule has 10 nitrogen and oxygen atoms in total. The molecule has 2 aromatic rings. The van der Waals surface area contributed by atoms with Crippen LogP contribution in [0.15, 0.2) is 24.3 Å². The van der Waals surface area contributed by atoms with Crippen LogP contribution in [0.4, 0.5) is 20.2 Å². The lowest BCUT2D eigenvalue weighted by Gasteiger charge is -2.36. The van der Waals surface area contributed by atoms with Crippen molar-refractivity contribution >= 4 is 29.1 Å². The number of nitrogens with one attached hydrogen (secondary N) is 2. The third kappa shape index (κ3) is 7.37. The van der Waals surface area contributed by atoms with E-state index in [1.807, 2.05) is 23.6 Å². The third-order valence-corrected chi connectivity index (χ3v) is 6.15. The van der Waals surface area contributed by atoms with Crippen molar-refractivity contribution < 1.29 is 30.8 Å². The van der Waals surface area contributed by atoms with Gasteiger partial charge in [-0.2, -0.15) is 4.39 Å². The van der Waals surface area contributed by atoms with E-state index in [0.29, 0.717) is 61.8 Å². The van der Waals surface area contributed by atoms with Crippen molar-refractivity contribution in [3.8, 4) is 5.75 Å². The lowest BCUT2D eigenvalue weighted by atomic mass is 10.1. The average molecular weight is 537 g/mol. The van der Waals surface area contributed by atoms with E-state index >= 15 is 0 Å². The zero-order chi connectivity index (χ0) is 27.8. The number of nitrogens with zero attached hydrogens (tertiary/aromatic N) is 3. The standard InChI is InChI=1S/C21H23F2N5O3.C5H11NO.2H2/c1-2-17-21(30)26-15-9-12(13(22)10-18(15)31-17)11-27-5-7-28(8-6-27)16-4-3-14(20(24)29)25-19(16)23;1-3-4-6-5(2)7;;/h3-4,9-10,17H,2,5-8,11H2,1H3,(H2,24,29)(H,26,30);3-4H2,1-2H3,(H,6,7);2*1H. The predicted molar refractivity (Wildman–Crippen MR) is 143 cm³/mol. The molecule has 4 N–H and O–H groups in total. The van der Waals surface area contributed by atoms with Crippen molar-refractivity contribution in [1.29, 1.82) is 0 Å². The number of halogens is 2. The van der Waals surface area contributed by atoms with Gasteiger partial charge >= 0.3 is 0 Å². The highest BCUT2D eigenvalue weighted by Gasteiger charge is 2.28. The predicted octanol–water partition coefficient (Wildman–Crippen LogP) is 2.91. The summed E-state index contributed by atoms with van der Waals surface area (Å²) in [5, 5.41) is 5.43. The number of rotatable bonds is 7. The van der Waals surface area contributed by atoms with E-state index in [0.717, 1.165) is 13.0 Å². The number of aromatic nitrogens is 1. The minimum Gasteiger partial charge on any atom is -0.478 e. The fraction of sp³-hybridized carbons (Fsp3) is 0.462. The van der Waals surface area contributed by atoms with Gasteiger partial charge in [-0.15, -0.1) is 0 Å². The number of benzene rings is 1. The number of ether oxygens (including phenoxy) is 1. The molecule has 1 saturated heterocycles. The summed E-state index contributed by atoms with van der Waals surface area (Å²) in [6, 6.07) is 5.81. The highest BCUT2D eigenvalue weighted by Crippen LogP contribution is 2.33. The maximum Gasteiger partial charge on any atom is 0.267 e. The Morgan fingerprint density at radius 2 is 1.92 bits per heavy atom. The molecular formula is C26H38F2N6O4. The SMILES string of the molecule is CCC1Oc2cc(F)c(CN3CCN(c4ccc(C(N)=O)nc4F)CC3)cc2NC1=O.CCCNC(C)=O.[HH].[HH]. The first kappa shape index (κ1) is 28.8. The first-order valence-electron chi connectivity index (χ1n) is 12.6. The molecule has 1 fully saturated rings. The van der Waals surface area contributed by atoms with Gasteiger partial charge in [-0.3, -0.25) is 19.3 Å². The molecule has 1 atom stereocenters. The highest BCUT2D eigenvalue weighted by molar-refractivity contribution is 5.97. The Kier molecular flexibility index (Phi) is 9.94. The number of hydrogen-bond donors (Lipinski definition) is 3. The van der Waals surface area contributed by atoms with Crippen LogP contribution in [0, 0.1) is 11.8 Å². The quantitative estimate of drug-likeness (QED) is 0.464. The van der Waals surface area contributed by atoms with Crippen LogP contribution in [0.2, 0.25) is 0 Å². The van der Waals surface area contributed by atoms with Gasteiger partial charge in [-0.1, -0.05) is 13.8 Å². The first-order valence-corrected chi connectivity index (χ1v) is 12.6. The van der Waals surface area contributed by atoms with Crippen LogP contribution in [0.25, 0.3) is 0 Å². The highest BCUT2D eigenvalue weighted by atomic mass is 19.1. The minimum absolute atomic E-state index is 0. The zero-order valence-electron chi connectivity index (χ0n) is 21.9. The monoisotopic (exact) mass is 536 g/mol. The summed E-state index contributed by atoms with van der Waals surface area (Å²) >= 11 is 0. The smallest absolute Gasteiger partial charge is 0.267 e. The summed E-state index contributed by atoms with van der Waals surface area (Å²) in [6.45, 7) is 8.71. The molecule has 0 saturated carbocycles. The number of fused-ring (bicyclic) bond motifs is 1. The number of nitrogens with two attached hydrogens (primary N) is 1. The van der Waals surface area contributed by atoms with Crippen molar-refractivity contribution in [3.05, 3.63) is 47.3 Å². The normalized spacial score (nSPS) is 16.9. The number of piperazine rings is 1. The summed E-state index contributed by atoms with van der Waals surface area (Å²) in [5.74, 6) is -1.77. The van der Waals surface area contributed by atoms with Gasteiger partial charge in [0.05, 0.1) is 11.4 Å². The van der Waals surface area contributed by atoms with Crippen molar-refractivity contribution in [1.82, 2.24) is 15.2 Å². The van der Waals surface area contributed by atoms with Crippen LogP contribution in [0.5, 0.6) is 5.75 Å². The lowest BCUT2D eigenvalue weighted by molar-refractivity contribution is -0.123.